The molecule has 1 heterocycles. The number of benzene rings is 1. The molecule has 0 aromatic heterocycles. The fraction of sp³-hybridized carbons (Fsp3) is 0.529. The lowest BCUT2D eigenvalue weighted by Crippen LogP contribution is -2.29. The van der Waals surface area contributed by atoms with Gasteiger partial charge in [0.2, 0.25) is 0 Å². The third-order valence-corrected chi connectivity index (χ3v) is 3.99. The highest BCUT2D eigenvalue weighted by atomic mass is 15.2. The molecule has 2 atom stereocenters. The van der Waals surface area contributed by atoms with Crippen molar-refractivity contribution < 1.29 is 0 Å². The number of likely N-dealkylation sites (N-methyl/N-ethyl adjacent to an activating group) is 1. The van der Waals surface area contributed by atoms with E-state index in [1.807, 2.05) is 18.5 Å². The smallest absolute Gasteiger partial charge is 0.0991 e. The number of aliphatic imine (C=N–C) groups is 1. The monoisotopic (exact) mass is 269 g/mol. The average Bonchev–Trinajstić information content (AvgIpc) is 2.81. The zero-order valence-corrected chi connectivity index (χ0v) is 12.6. The molecular weight excluding hydrogens is 246 g/mol. The van der Waals surface area contributed by atoms with Crippen LogP contribution in [-0.2, 0) is 6.42 Å². The summed E-state index contributed by atoms with van der Waals surface area (Å²) in [5.41, 5.74) is 3.33. The molecule has 0 fully saturated rings. The van der Waals surface area contributed by atoms with Gasteiger partial charge in [-0.05, 0) is 36.1 Å². The highest BCUT2D eigenvalue weighted by Crippen LogP contribution is 2.33. The van der Waals surface area contributed by atoms with Crippen LogP contribution in [0.5, 0.6) is 0 Å². The summed E-state index contributed by atoms with van der Waals surface area (Å²) < 4.78 is 0. The molecule has 2 rings (SSSR count). The minimum absolute atomic E-state index is 0.217. The normalized spacial score (nSPS) is 21.2. The number of hydrogen-bond donors (Lipinski definition) is 0. The number of nitriles is 1. The molecule has 0 saturated carbocycles. The van der Waals surface area contributed by atoms with Gasteiger partial charge in [0, 0.05) is 7.05 Å². The van der Waals surface area contributed by atoms with Crippen molar-refractivity contribution in [2.45, 2.75) is 51.6 Å². The number of nitrogens with zero attached hydrogens (tertiary/aromatic N) is 3. The molecule has 0 N–H and O–H groups in total. The van der Waals surface area contributed by atoms with Crippen LogP contribution >= 0.6 is 0 Å². The maximum absolute atomic E-state index is 9.08. The second kappa shape index (κ2) is 6.56. The molecule has 0 spiro atoms. The highest BCUT2D eigenvalue weighted by molar-refractivity contribution is 5.60. The molecule has 0 amide bonds. The van der Waals surface area contributed by atoms with E-state index in [1.165, 1.54) is 11.1 Å². The van der Waals surface area contributed by atoms with Gasteiger partial charge in [0.05, 0.1) is 30.1 Å². The molecule has 20 heavy (non-hydrogen) atoms. The maximum Gasteiger partial charge on any atom is 0.0991 e. The highest BCUT2D eigenvalue weighted by Gasteiger charge is 2.30. The van der Waals surface area contributed by atoms with Gasteiger partial charge in [-0.2, -0.15) is 5.26 Å². The van der Waals surface area contributed by atoms with Crippen LogP contribution in [-0.4, -0.2) is 24.3 Å². The molecule has 3 heteroatoms. The molecule has 106 valence electrons. The topological polar surface area (TPSA) is 39.4 Å². The summed E-state index contributed by atoms with van der Waals surface area (Å²) in [4.78, 5) is 6.93. The first-order chi connectivity index (χ1) is 9.71. The van der Waals surface area contributed by atoms with Gasteiger partial charge in [-0.3, -0.25) is 4.99 Å². The van der Waals surface area contributed by atoms with Crippen LogP contribution in [0, 0.1) is 11.3 Å². The summed E-state index contributed by atoms with van der Waals surface area (Å²) >= 11 is 0. The van der Waals surface area contributed by atoms with Crippen molar-refractivity contribution in [3.05, 3.63) is 34.9 Å². The summed E-state index contributed by atoms with van der Waals surface area (Å²) in [5.74, 6) is 0. The Kier molecular flexibility index (Phi) is 4.79. The van der Waals surface area contributed by atoms with E-state index < -0.39 is 0 Å². The molecule has 1 aliphatic rings. The Hall–Kier alpha value is -1.82. The largest absolute Gasteiger partial charge is 0.361 e. The van der Waals surface area contributed by atoms with Crippen LogP contribution in [0.1, 0.15) is 55.8 Å². The predicted molar refractivity (Wildman–Crippen MR) is 82.8 cm³/mol. The van der Waals surface area contributed by atoms with E-state index in [0.717, 1.165) is 31.2 Å². The Bertz CT molecular complexity index is 528. The van der Waals surface area contributed by atoms with Crippen LogP contribution in [0.4, 0.5) is 0 Å². The molecule has 2 unspecified atom stereocenters. The molecule has 1 aromatic rings. The van der Waals surface area contributed by atoms with E-state index in [0.29, 0.717) is 6.04 Å². The molecular formula is C17H23N3. The maximum atomic E-state index is 9.08. The number of hydrogen-bond acceptors (Lipinski definition) is 3. The Morgan fingerprint density at radius 3 is 2.75 bits per heavy atom. The van der Waals surface area contributed by atoms with E-state index >= 15 is 0 Å². The standard InChI is InChI=1S/C17H23N3/c1-4-6-14-10-13(11-18)8-9-15(14)17-16(7-5-2)20(3)12-19-17/h8-10,12,16-17H,4-7H2,1-3H3. The first-order valence-electron chi connectivity index (χ1n) is 7.49. The zero-order valence-electron chi connectivity index (χ0n) is 12.6. The van der Waals surface area contributed by atoms with Crippen molar-refractivity contribution in [2.24, 2.45) is 4.99 Å². The van der Waals surface area contributed by atoms with Gasteiger partial charge in [0.15, 0.2) is 0 Å². The second-order valence-corrected chi connectivity index (χ2v) is 5.51. The third kappa shape index (κ3) is 2.85. The van der Waals surface area contributed by atoms with Crippen LogP contribution in [0.3, 0.4) is 0 Å². The molecule has 0 saturated heterocycles. The SMILES string of the molecule is CCCc1cc(C#N)ccc1C1N=CN(C)C1CCC. The summed E-state index contributed by atoms with van der Waals surface area (Å²) in [5, 5.41) is 9.08. The Labute approximate surface area is 121 Å². The van der Waals surface area contributed by atoms with E-state index in [9.17, 15) is 0 Å². The summed E-state index contributed by atoms with van der Waals surface area (Å²) in [6.07, 6.45) is 6.37. The number of aryl methyl sites for hydroxylation is 1. The van der Waals surface area contributed by atoms with Gasteiger partial charge in [0.25, 0.3) is 0 Å². The van der Waals surface area contributed by atoms with Gasteiger partial charge in [-0.25, -0.2) is 0 Å². The summed E-state index contributed by atoms with van der Waals surface area (Å²) in [6.45, 7) is 4.39. The van der Waals surface area contributed by atoms with E-state index in [1.54, 1.807) is 0 Å². The fourth-order valence-corrected chi connectivity index (χ4v) is 2.98. The Morgan fingerprint density at radius 1 is 1.30 bits per heavy atom. The quantitative estimate of drug-likeness (QED) is 0.817. The summed E-state index contributed by atoms with van der Waals surface area (Å²) in [6, 6.07) is 8.97. The van der Waals surface area contributed by atoms with Crippen molar-refractivity contribution >= 4 is 6.34 Å². The van der Waals surface area contributed by atoms with Gasteiger partial charge < -0.3 is 4.90 Å². The molecule has 1 aliphatic heterocycles. The van der Waals surface area contributed by atoms with Crippen molar-refractivity contribution in [1.82, 2.24) is 4.90 Å². The minimum atomic E-state index is 0.217. The molecule has 0 aliphatic carbocycles. The van der Waals surface area contributed by atoms with Crippen molar-refractivity contribution in [3.8, 4) is 6.07 Å². The Balaban J connectivity index is 2.36. The first kappa shape index (κ1) is 14.6. The van der Waals surface area contributed by atoms with E-state index in [-0.39, 0.29) is 6.04 Å². The molecule has 3 nitrogen and oxygen atoms in total. The molecule has 0 bridgehead atoms. The van der Waals surface area contributed by atoms with Gasteiger partial charge in [-0.1, -0.05) is 32.8 Å². The van der Waals surface area contributed by atoms with Crippen LogP contribution in [0.2, 0.25) is 0 Å². The van der Waals surface area contributed by atoms with Gasteiger partial charge >= 0.3 is 0 Å². The zero-order chi connectivity index (χ0) is 14.5. The number of rotatable bonds is 5. The van der Waals surface area contributed by atoms with Crippen LogP contribution in [0.25, 0.3) is 0 Å². The van der Waals surface area contributed by atoms with Gasteiger partial charge in [-0.15, -0.1) is 0 Å². The summed E-state index contributed by atoms with van der Waals surface area (Å²) in [7, 11) is 2.10. The lowest BCUT2D eigenvalue weighted by molar-refractivity contribution is 0.335. The van der Waals surface area contributed by atoms with Crippen molar-refractivity contribution in [3.63, 3.8) is 0 Å². The lowest BCUT2D eigenvalue weighted by atomic mass is 9.90. The van der Waals surface area contributed by atoms with Crippen molar-refractivity contribution in [1.29, 1.82) is 5.26 Å². The van der Waals surface area contributed by atoms with Gasteiger partial charge in [0.1, 0.15) is 0 Å². The van der Waals surface area contributed by atoms with Crippen LogP contribution in [0.15, 0.2) is 23.2 Å². The third-order valence-electron chi connectivity index (χ3n) is 3.99. The second-order valence-electron chi connectivity index (χ2n) is 5.51. The predicted octanol–water partition coefficient (Wildman–Crippen LogP) is 3.69. The lowest BCUT2D eigenvalue weighted by Gasteiger charge is -2.26. The first-order valence-corrected chi connectivity index (χ1v) is 7.49. The average molecular weight is 269 g/mol. The fourth-order valence-electron chi connectivity index (χ4n) is 2.98. The van der Waals surface area contributed by atoms with Crippen molar-refractivity contribution in [2.75, 3.05) is 7.05 Å². The van der Waals surface area contributed by atoms with E-state index in [4.69, 9.17) is 10.3 Å². The van der Waals surface area contributed by atoms with E-state index in [2.05, 4.69) is 37.9 Å². The molecule has 1 aromatic carbocycles. The van der Waals surface area contributed by atoms with Crippen LogP contribution < -0.4 is 0 Å². The minimum Gasteiger partial charge on any atom is -0.361 e. The Morgan fingerprint density at radius 2 is 2.10 bits per heavy atom. The molecule has 0 radical (unpaired) electrons.